The molecule has 2 atom stereocenters. The quantitative estimate of drug-likeness (QED) is 0.888. The first-order valence-corrected chi connectivity index (χ1v) is 8.47. The van der Waals surface area contributed by atoms with Crippen LogP contribution in [-0.4, -0.2) is 42.0 Å². The summed E-state index contributed by atoms with van der Waals surface area (Å²) in [7, 11) is 0. The molecule has 2 aliphatic rings. The fraction of sp³-hybridized carbons (Fsp3) is 0.389. The molecule has 0 aliphatic carbocycles. The lowest BCUT2D eigenvalue weighted by Gasteiger charge is -2.40. The molecule has 0 bridgehead atoms. The summed E-state index contributed by atoms with van der Waals surface area (Å²) in [5.74, 6) is -0.868. The molecule has 0 spiro atoms. The third kappa shape index (κ3) is 2.79. The number of hydrogen-bond acceptors (Lipinski definition) is 4. The van der Waals surface area contributed by atoms with E-state index < -0.39 is 6.04 Å². The van der Waals surface area contributed by atoms with E-state index in [-0.39, 0.29) is 17.6 Å². The second-order valence-corrected chi connectivity index (χ2v) is 6.66. The fourth-order valence-corrected chi connectivity index (χ4v) is 3.33. The van der Waals surface area contributed by atoms with E-state index >= 15 is 0 Å². The van der Waals surface area contributed by atoms with Crippen LogP contribution < -0.4 is 15.5 Å². The topological polar surface area (TPSA) is 74.3 Å². The first-order valence-electron chi connectivity index (χ1n) is 8.47. The molecule has 1 aromatic heterocycles. The SMILES string of the molecule is CC1CCN1c1cc2ncc(C(=O)N[C@H]3CCNC3=O)cc2cc1F. The largest absolute Gasteiger partial charge is 0.366 e. The summed E-state index contributed by atoms with van der Waals surface area (Å²) in [6.45, 7) is 3.46. The highest BCUT2D eigenvalue weighted by atomic mass is 19.1. The molecule has 7 heteroatoms. The molecule has 1 aromatic carbocycles. The van der Waals surface area contributed by atoms with E-state index in [0.29, 0.717) is 41.2 Å². The molecular weight excluding hydrogens is 323 g/mol. The Kier molecular flexibility index (Phi) is 3.78. The second-order valence-electron chi connectivity index (χ2n) is 6.66. The Labute approximate surface area is 144 Å². The molecule has 0 saturated carbocycles. The van der Waals surface area contributed by atoms with Crippen LogP contribution in [0.25, 0.3) is 10.9 Å². The normalized spacial score (nSPS) is 22.6. The van der Waals surface area contributed by atoms with E-state index in [1.165, 1.54) is 12.3 Å². The van der Waals surface area contributed by atoms with Crippen LogP contribution in [-0.2, 0) is 4.79 Å². The van der Waals surface area contributed by atoms with Gasteiger partial charge in [0.1, 0.15) is 11.9 Å². The summed E-state index contributed by atoms with van der Waals surface area (Å²) in [6, 6.07) is 4.57. The third-order valence-electron chi connectivity index (χ3n) is 5.00. The van der Waals surface area contributed by atoms with Crippen LogP contribution >= 0.6 is 0 Å². The van der Waals surface area contributed by atoms with Crippen LogP contribution in [0.4, 0.5) is 10.1 Å². The van der Waals surface area contributed by atoms with Crippen molar-refractivity contribution in [3.8, 4) is 0 Å². The van der Waals surface area contributed by atoms with Crippen molar-refractivity contribution in [2.75, 3.05) is 18.0 Å². The molecule has 6 nitrogen and oxygen atoms in total. The maximum absolute atomic E-state index is 14.5. The molecule has 4 rings (SSSR count). The van der Waals surface area contributed by atoms with Gasteiger partial charge >= 0.3 is 0 Å². The van der Waals surface area contributed by atoms with Gasteiger partial charge in [-0.15, -0.1) is 0 Å². The lowest BCUT2D eigenvalue weighted by atomic mass is 10.0. The van der Waals surface area contributed by atoms with Gasteiger partial charge in [0.2, 0.25) is 5.91 Å². The number of nitrogens with one attached hydrogen (secondary N) is 2. The van der Waals surface area contributed by atoms with Gasteiger partial charge in [-0.05, 0) is 38.0 Å². The van der Waals surface area contributed by atoms with Crippen molar-refractivity contribution >= 4 is 28.4 Å². The number of halogens is 1. The Balaban J connectivity index is 1.60. The standard InChI is InChI=1S/C18H19FN4O2/c1-10-3-5-23(10)16-8-15-11(7-13(16)19)6-12(9-21-15)17(24)22-14-2-4-20-18(14)25/h6-10,14H,2-5H2,1H3,(H,20,25)(H,22,24)/t10?,14-/m0/s1. The first-order chi connectivity index (χ1) is 12.0. The minimum atomic E-state index is -0.518. The van der Waals surface area contributed by atoms with Gasteiger partial charge in [-0.2, -0.15) is 0 Å². The van der Waals surface area contributed by atoms with Crippen LogP contribution in [0.1, 0.15) is 30.1 Å². The average molecular weight is 342 g/mol. The second kappa shape index (κ2) is 5.98. The fourth-order valence-electron chi connectivity index (χ4n) is 3.33. The number of carbonyl (C=O) groups is 2. The zero-order valence-electron chi connectivity index (χ0n) is 13.9. The summed E-state index contributed by atoms with van der Waals surface area (Å²) in [4.78, 5) is 30.2. The molecule has 2 N–H and O–H groups in total. The predicted molar refractivity (Wildman–Crippen MR) is 92.0 cm³/mol. The van der Waals surface area contributed by atoms with Crippen molar-refractivity contribution in [2.24, 2.45) is 0 Å². The van der Waals surface area contributed by atoms with E-state index in [1.807, 2.05) is 4.90 Å². The Hall–Kier alpha value is -2.70. The van der Waals surface area contributed by atoms with Gasteiger partial charge in [0.15, 0.2) is 0 Å². The number of pyridine rings is 1. The average Bonchev–Trinajstić information content (AvgIpc) is 2.98. The monoisotopic (exact) mass is 342 g/mol. The molecule has 25 heavy (non-hydrogen) atoms. The number of anilines is 1. The molecule has 2 saturated heterocycles. The van der Waals surface area contributed by atoms with Crippen LogP contribution in [0.15, 0.2) is 24.4 Å². The highest BCUT2D eigenvalue weighted by Gasteiger charge is 2.27. The maximum Gasteiger partial charge on any atom is 0.253 e. The Morgan fingerprint density at radius 3 is 2.84 bits per heavy atom. The van der Waals surface area contributed by atoms with Crippen molar-refractivity contribution < 1.29 is 14.0 Å². The molecule has 2 fully saturated rings. The van der Waals surface area contributed by atoms with Crippen molar-refractivity contribution in [1.82, 2.24) is 15.6 Å². The minimum absolute atomic E-state index is 0.179. The predicted octanol–water partition coefficient (Wildman–Crippen LogP) is 1.59. The number of amides is 2. The summed E-state index contributed by atoms with van der Waals surface area (Å²) >= 11 is 0. The van der Waals surface area contributed by atoms with E-state index in [2.05, 4.69) is 22.5 Å². The molecule has 2 amide bonds. The van der Waals surface area contributed by atoms with E-state index in [0.717, 1.165) is 13.0 Å². The Bertz CT molecular complexity index is 870. The van der Waals surface area contributed by atoms with Gasteiger partial charge in [-0.1, -0.05) is 0 Å². The molecule has 2 aromatic rings. The van der Waals surface area contributed by atoms with Crippen molar-refractivity contribution in [3.63, 3.8) is 0 Å². The zero-order chi connectivity index (χ0) is 17.6. The highest BCUT2D eigenvalue weighted by molar-refractivity contribution is 6.00. The molecule has 1 unspecified atom stereocenters. The van der Waals surface area contributed by atoms with Crippen LogP contribution in [0.5, 0.6) is 0 Å². The van der Waals surface area contributed by atoms with E-state index in [9.17, 15) is 14.0 Å². The Morgan fingerprint density at radius 2 is 2.20 bits per heavy atom. The van der Waals surface area contributed by atoms with Gasteiger partial charge in [-0.25, -0.2) is 4.39 Å². The number of carbonyl (C=O) groups excluding carboxylic acids is 2. The third-order valence-corrected chi connectivity index (χ3v) is 5.00. The van der Waals surface area contributed by atoms with Crippen molar-refractivity contribution in [3.05, 3.63) is 35.8 Å². The minimum Gasteiger partial charge on any atom is -0.366 e. The smallest absolute Gasteiger partial charge is 0.253 e. The van der Waals surface area contributed by atoms with E-state index in [4.69, 9.17) is 0 Å². The molecule has 3 heterocycles. The Morgan fingerprint density at radius 1 is 1.36 bits per heavy atom. The summed E-state index contributed by atoms with van der Waals surface area (Å²) in [5, 5.41) is 5.92. The molecule has 0 radical (unpaired) electrons. The zero-order valence-corrected chi connectivity index (χ0v) is 13.9. The first kappa shape index (κ1) is 15.8. The van der Waals surface area contributed by atoms with Crippen LogP contribution in [0.2, 0.25) is 0 Å². The lowest BCUT2D eigenvalue weighted by Crippen LogP contribution is -2.46. The van der Waals surface area contributed by atoms with Gasteiger partial charge in [0.05, 0.1) is 16.8 Å². The molecule has 2 aliphatic heterocycles. The maximum atomic E-state index is 14.5. The van der Waals surface area contributed by atoms with Gasteiger partial charge in [0, 0.05) is 30.7 Å². The van der Waals surface area contributed by atoms with Crippen molar-refractivity contribution in [1.29, 1.82) is 0 Å². The van der Waals surface area contributed by atoms with Gasteiger partial charge < -0.3 is 15.5 Å². The van der Waals surface area contributed by atoms with Crippen LogP contribution in [0.3, 0.4) is 0 Å². The number of rotatable bonds is 3. The summed E-state index contributed by atoms with van der Waals surface area (Å²) in [5.41, 5.74) is 1.51. The van der Waals surface area contributed by atoms with E-state index in [1.54, 1.807) is 12.1 Å². The highest BCUT2D eigenvalue weighted by Crippen LogP contribution is 2.31. The van der Waals surface area contributed by atoms with Crippen molar-refractivity contribution in [2.45, 2.75) is 31.8 Å². The molecular formula is C18H19FN4O2. The summed E-state index contributed by atoms with van der Waals surface area (Å²) in [6.07, 6.45) is 3.09. The number of benzene rings is 1. The van der Waals surface area contributed by atoms with Gasteiger partial charge in [0.25, 0.3) is 5.91 Å². The van der Waals surface area contributed by atoms with Gasteiger partial charge in [-0.3, -0.25) is 14.6 Å². The molecule has 130 valence electrons. The summed E-state index contributed by atoms with van der Waals surface area (Å²) < 4.78 is 14.5. The number of hydrogen-bond donors (Lipinski definition) is 2. The lowest BCUT2D eigenvalue weighted by molar-refractivity contribution is -0.120. The number of aromatic nitrogens is 1. The number of nitrogens with zero attached hydrogens (tertiary/aromatic N) is 2. The van der Waals surface area contributed by atoms with Crippen LogP contribution in [0, 0.1) is 5.82 Å². The number of fused-ring (bicyclic) bond motifs is 1.